The molecule has 20 heavy (non-hydrogen) atoms. The molecule has 0 amide bonds. The normalized spacial score (nSPS) is 12.3. The minimum atomic E-state index is -4.34. The van der Waals surface area contributed by atoms with Crippen molar-refractivity contribution in [3.8, 4) is 0 Å². The zero-order valence-electron chi connectivity index (χ0n) is 11.3. The minimum Gasteiger partial charge on any atom is -0.355 e. The molecule has 0 aliphatic heterocycles. The number of unbranched alkanes of at least 4 members (excludes halogenated alkanes) is 1. The SMILES string of the molecule is CCCCNC(=NCc1cccc(C(F)(F)F)c1)NN. The van der Waals surface area contributed by atoms with Gasteiger partial charge in [0.1, 0.15) is 0 Å². The second-order valence-corrected chi connectivity index (χ2v) is 4.29. The van der Waals surface area contributed by atoms with Gasteiger partial charge in [-0.15, -0.1) is 0 Å². The molecule has 0 aliphatic carbocycles. The highest BCUT2D eigenvalue weighted by Gasteiger charge is 2.30. The fourth-order valence-electron chi connectivity index (χ4n) is 1.55. The van der Waals surface area contributed by atoms with Crippen LogP contribution < -0.4 is 16.6 Å². The van der Waals surface area contributed by atoms with Crippen molar-refractivity contribution < 1.29 is 13.2 Å². The highest BCUT2D eigenvalue weighted by molar-refractivity contribution is 5.79. The summed E-state index contributed by atoms with van der Waals surface area (Å²) in [5.41, 5.74) is 2.19. The van der Waals surface area contributed by atoms with Crippen molar-refractivity contribution in [2.24, 2.45) is 10.8 Å². The molecular formula is C13H19F3N4. The average Bonchev–Trinajstić information content (AvgIpc) is 2.42. The van der Waals surface area contributed by atoms with E-state index in [4.69, 9.17) is 5.84 Å². The Balaban J connectivity index is 2.67. The smallest absolute Gasteiger partial charge is 0.355 e. The van der Waals surface area contributed by atoms with Crippen LogP contribution in [0.2, 0.25) is 0 Å². The molecule has 0 heterocycles. The van der Waals surface area contributed by atoms with Gasteiger partial charge in [0.15, 0.2) is 0 Å². The van der Waals surface area contributed by atoms with E-state index in [-0.39, 0.29) is 6.54 Å². The van der Waals surface area contributed by atoms with E-state index >= 15 is 0 Å². The van der Waals surface area contributed by atoms with Crippen LogP contribution in [0.25, 0.3) is 0 Å². The summed E-state index contributed by atoms with van der Waals surface area (Å²) in [5, 5.41) is 2.98. The number of nitrogens with two attached hydrogens (primary N) is 1. The minimum absolute atomic E-state index is 0.128. The highest BCUT2D eigenvalue weighted by Crippen LogP contribution is 2.29. The summed E-state index contributed by atoms with van der Waals surface area (Å²) in [6, 6.07) is 5.09. The Kier molecular flexibility index (Phi) is 6.30. The number of halogens is 3. The summed E-state index contributed by atoms with van der Waals surface area (Å²) in [5.74, 6) is 5.67. The number of aliphatic imine (C=N–C) groups is 1. The van der Waals surface area contributed by atoms with Crippen LogP contribution in [0, 0.1) is 0 Å². The van der Waals surface area contributed by atoms with Gasteiger partial charge in [0.25, 0.3) is 0 Å². The van der Waals surface area contributed by atoms with Gasteiger partial charge < -0.3 is 5.32 Å². The molecule has 4 nitrogen and oxygen atoms in total. The molecule has 4 N–H and O–H groups in total. The van der Waals surface area contributed by atoms with Crippen molar-refractivity contribution >= 4 is 5.96 Å². The molecule has 0 atom stereocenters. The molecule has 0 saturated heterocycles. The molecule has 0 fully saturated rings. The number of rotatable bonds is 5. The second kappa shape index (κ2) is 7.74. The maximum atomic E-state index is 12.6. The van der Waals surface area contributed by atoms with Crippen LogP contribution in [0.4, 0.5) is 13.2 Å². The first-order valence-corrected chi connectivity index (χ1v) is 6.38. The van der Waals surface area contributed by atoms with Crippen molar-refractivity contribution in [1.82, 2.24) is 10.7 Å². The summed E-state index contributed by atoms with van der Waals surface area (Å²) in [6.07, 6.45) is -2.35. The Morgan fingerprint density at radius 1 is 1.35 bits per heavy atom. The van der Waals surface area contributed by atoms with Crippen molar-refractivity contribution in [2.75, 3.05) is 6.54 Å². The van der Waals surface area contributed by atoms with Crippen LogP contribution in [0.15, 0.2) is 29.3 Å². The third kappa shape index (κ3) is 5.48. The second-order valence-electron chi connectivity index (χ2n) is 4.29. The number of hydrogen-bond donors (Lipinski definition) is 3. The standard InChI is InChI=1S/C13H19F3N4/c1-2-3-7-18-12(20-17)19-9-10-5-4-6-11(8-10)13(14,15)16/h4-6,8H,2-3,7,9,17H2,1H3,(H2,18,19,20). The van der Waals surface area contributed by atoms with E-state index in [9.17, 15) is 13.2 Å². The molecule has 0 aliphatic rings. The molecule has 0 spiro atoms. The quantitative estimate of drug-likeness (QED) is 0.256. The van der Waals surface area contributed by atoms with Crippen LogP contribution in [0.3, 0.4) is 0 Å². The molecule has 0 aromatic heterocycles. The molecule has 0 bridgehead atoms. The Hall–Kier alpha value is -1.76. The van der Waals surface area contributed by atoms with E-state index in [1.807, 2.05) is 0 Å². The molecule has 1 aromatic rings. The van der Waals surface area contributed by atoms with Gasteiger partial charge in [-0.25, -0.2) is 10.8 Å². The van der Waals surface area contributed by atoms with E-state index < -0.39 is 11.7 Å². The number of nitrogens with one attached hydrogen (secondary N) is 2. The van der Waals surface area contributed by atoms with E-state index in [1.165, 1.54) is 6.07 Å². The first-order valence-electron chi connectivity index (χ1n) is 6.38. The zero-order valence-corrected chi connectivity index (χ0v) is 11.3. The van der Waals surface area contributed by atoms with Crippen LogP contribution >= 0.6 is 0 Å². The van der Waals surface area contributed by atoms with Crippen LogP contribution in [0.1, 0.15) is 30.9 Å². The lowest BCUT2D eigenvalue weighted by Gasteiger charge is -2.10. The first kappa shape index (κ1) is 16.3. The van der Waals surface area contributed by atoms with Crippen molar-refractivity contribution in [3.63, 3.8) is 0 Å². The van der Waals surface area contributed by atoms with E-state index in [0.29, 0.717) is 18.1 Å². The number of hydrogen-bond acceptors (Lipinski definition) is 2. The lowest BCUT2D eigenvalue weighted by Crippen LogP contribution is -2.41. The summed E-state index contributed by atoms with van der Waals surface area (Å²) in [7, 11) is 0. The molecule has 1 aromatic carbocycles. The fraction of sp³-hybridized carbons (Fsp3) is 0.462. The van der Waals surface area contributed by atoms with Gasteiger partial charge in [-0.2, -0.15) is 13.2 Å². The van der Waals surface area contributed by atoms with Gasteiger partial charge in [0.2, 0.25) is 5.96 Å². The number of guanidine groups is 1. The first-order chi connectivity index (χ1) is 9.47. The monoisotopic (exact) mass is 288 g/mol. The van der Waals surface area contributed by atoms with Crippen molar-refractivity contribution in [1.29, 1.82) is 0 Å². The lowest BCUT2D eigenvalue weighted by molar-refractivity contribution is -0.137. The maximum Gasteiger partial charge on any atom is 0.416 e. The Bertz CT molecular complexity index is 443. The van der Waals surface area contributed by atoms with Crippen molar-refractivity contribution in [3.05, 3.63) is 35.4 Å². The van der Waals surface area contributed by atoms with Gasteiger partial charge in [0.05, 0.1) is 12.1 Å². The predicted molar refractivity (Wildman–Crippen MR) is 72.8 cm³/mol. The van der Waals surface area contributed by atoms with E-state index in [0.717, 1.165) is 25.0 Å². The van der Waals surface area contributed by atoms with Crippen LogP contribution in [-0.2, 0) is 12.7 Å². The molecule has 0 unspecified atom stereocenters. The van der Waals surface area contributed by atoms with E-state index in [2.05, 4.69) is 22.7 Å². The largest absolute Gasteiger partial charge is 0.416 e. The summed E-state index contributed by atoms with van der Waals surface area (Å²) < 4.78 is 37.7. The Morgan fingerprint density at radius 2 is 2.10 bits per heavy atom. The molecule has 0 radical (unpaired) electrons. The van der Waals surface area contributed by atoms with Crippen LogP contribution in [-0.4, -0.2) is 12.5 Å². The Labute approximate surface area is 116 Å². The number of benzene rings is 1. The van der Waals surface area contributed by atoms with E-state index in [1.54, 1.807) is 6.07 Å². The highest BCUT2D eigenvalue weighted by atomic mass is 19.4. The third-order valence-corrected chi connectivity index (χ3v) is 2.63. The van der Waals surface area contributed by atoms with Gasteiger partial charge >= 0.3 is 6.18 Å². The van der Waals surface area contributed by atoms with Gasteiger partial charge in [-0.05, 0) is 24.1 Å². The number of alkyl halides is 3. The summed E-state index contributed by atoms with van der Waals surface area (Å²) in [6.45, 7) is 2.89. The van der Waals surface area contributed by atoms with Gasteiger partial charge in [-0.1, -0.05) is 25.5 Å². The summed E-state index contributed by atoms with van der Waals surface area (Å²) >= 11 is 0. The van der Waals surface area contributed by atoms with Crippen LogP contribution in [0.5, 0.6) is 0 Å². The topological polar surface area (TPSA) is 62.4 Å². The predicted octanol–water partition coefficient (Wildman–Crippen LogP) is 2.41. The summed E-state index contributed by atoms with van der Waals surface area (Å²) in [4.78, 5) is 4.11. The molecular weight excluding hydrogens is 269 g/mol. The number of hydrazine groups is 1. The lowest BCUT2D eigenvalue weighted by atomic mass is 10.1. The number of nitrogens with zero attached hydrogens (tertiary/aromatic N) is 1. The third-order valence-electron chi connectivity index (χ3n) is 2.63. The van der Waals surface area contributed by atoms with Gasteiger partial charge in [0, 0.05) is 6.54 Å². The fourth-order valence-corrected chi connectivity index (χ4v) is 1.55. The van der Waals surface area contributed by atoms with Gasteiger partial charge in [-0.3, -0.25) is 5.43 Å². The molecule has 112 valence electrons. The molecule has 1 rings (SSSR count). The molecule has 7 heteroatoms. The molecule has 0 saturated carbocycles. The maximum absolute atomic E-state index is 12.6. The Morgan fingerprint density at radius 3 is 2.70 bits per heavy atom. The average molecular weight is 288 g/mol. The van der Waals surface area contributed by atoms with Crippen molar-refractivity contribution in [2.45, 2.75) is 32.5 Å². The zero-order chi connectivity index (χ0) is 15.0.